The molecule has 2 N–H and O–H groups in total. The Kier molecular flexibility index (Phi) is 5.22. The van der Waals surface area contributed by atoms with Gasteiger partial charge in [-0.15, -0.1) is 0 Å². The van der Waals surface area contributed by atoms with E-state index in [4.69, 9.17) is 10.5 Å². The van der Waals surface area contributed by atoms with Gasteiger partial charge in [-0.05, 0) is 32.1 Å². The molecule has 0 amide bonds. The van der Waals surface area contributed by atoms with Crippen LogP contribution in [0, 0.1) is 5.92 Å². The van der Waals surface area contributed by atoms with Gasteiger partial charge in [0.15, 0.2) is 0 Å². The van der Waals surface area contributed by atoms with E-state index < -0.39 is 5.54 Å². The molecule has 1 aliphatic rings. The molecule has 94 valence electrons. The second kappa shape index (κ2) is 6.21. The van der Waals surface area contributed by atoms with Gasteiger partial charge in [-0.25, -0.2) is 0 Å². The van der Waals surface area contributed by atoms with Crippen molar-refractivity contribution in [3.8, 4) is 0 Å². The van der Waals surface area contributed by atoms with Gasteiger partial charge in [0.05, 0.1) is 7.11 Å². The van der Waals surface area contributed by atoms with Crippen LogP contribution in [-0.2, 0) is 14.3 Å². The molecule has 0 spiro atoms. The number of esters is 1. The number of carbonyl (C=O) groups is 1. The highest BCUT2D eigenvalue weighted by Gasteiger charge is 2.29. The Hall–Kier alpha value is -0.610. The summed E-state index contributed by atoms with van der Waals surface area (Å²) in [5.41, 5.74) is 4.88. The van der Waals surface area contributed by atoms with E-state index >= 15 is 0 Å². The number of carbonyl (C=O) groups excluding carboxylic acids is 1. The van der Waals surface area contributed by atoms with E-state index in [0.29, 0.717) is 18.9 Å². The Bertz CT molecular complexity index is 222. The van der Waals surface area contributed by atoms with Gasteiger partial charge in [-0.1, -0.05) is 12.8 Å². The maximum Gasteiger partial charge on any atom is 0.325 e. The lowest BCUT2D eigenvalue weighted by Gasteiger charge is -2.21. The SMILES string of the molecule is COC(=O)C(C)(N)CCOCC1CCCC1. The van der Waals surface area contributed by atoms with E-state index in [1.165, 1.54) is 32.8 Å². The average Bonchev–Trinajstić information content (AvgIpc) is 2.76. The van der Waals surface area contributed by atoms with Gasteiger partial charge in [0, 0.05) is 13.2 Å². The zero-order valence-electron chi connectivity index (χ0n) is 10.3. The molecule has 0 aromatic rings. The summed E-state index contributed by atoms with van der Waals surface area (Å²) in [6.07, 6.45) is 5.70. The fourth-order valence-corrected chi connectivity index (χ4v) is 2.05. The van der Waals surface area contributed by atoms with E-state index in [9.17, 15) is 4.79 Å². The van der Waals surface area contributed by atoms with Crippen molar-refractivity contribution in [2.24, 2.45) is 11.7 Å². The molecule has 1 atom stereocenters. The first-order valence-corrected chi connectivity index (χ1v) is 6.01. The molecule has 0 aliphatic heterocycles. The normalized spacial score (nSPS) is 20.7. The topological polar surface area (TPSA) is 61.5 Å². The zero-order chi connectivity index (χ0) is 12.0. The Labute approximate surface area is 97.5 Å². The second-order valence-corrected chi connectivity index (χ2v) is 4.88. The number of ether oxygens (including phenoxy) is 2. The third-order valence-electron chi connectivity index (χ3n) is 3.25. The molecule has 4 heteroatoms. The van der Waals surface area contributed by atoms with Crippen molar-refractivity contribution < 1.29 is 14.3 Å². The molecule has 1 saturated carbocycles. The molecule has 1 aliphatic carbocycles. The maximum absolute atomic E-state index is 11.3. The minimum Gasteiger partial charge on any atom is -0.468 e. The first kappa shape index (κ1) is 13.5. The Morgan fingerprint density at radius 2 is 2.06 bits per heavy atom. The van der Waals surface area contributed by atoms with Crippen molar-refractivity contribution >= 4 is 5.97 Å². The molecule has 0 aromatic heterocycles. The first-order valence-electron chi connectivity index (χ1n) is 6.01. The van der Waals surface area contributed by atoms with Crippen LogP contribution in [0.25, 0.3) is 0 Å². The van der Waals surface area contributed by atoms with Crippen molar-refractivity contribution in [3.05, 3.63) is 0 Å². The van der Waals surface area contributed by atoms with Crippen molar-refractivity contribution in [1.82, 2.24) is 0 Å². The summed E-state index contributed by atoms with van der Waals surface area (Å²) in [5.74, 6) is 0.333. The van der Waals surface area contributed by atoms with Gasteiger partial charge in [0.1, 0.15) is 5.54 Å². The molecular formula is C12H23NO3. The van der Waals surface area contributed by atoms with Crippen LogP contribution < -0.4 is 5.73 Å². The van der Waals surface area contributed by atoms with E-state index in [0.717, 1.165) is 6.61 Å². The average molecular weight is 229 g/mol. The van der Waals surface area contributed by atoms with Crippen LogP contribution in [0.1, 0.15) is 39.0 Å². The van der Waals surface area contributed by atoms with Crippen LogP contribution in [0.2, 0.25) is 0 Å². The first-order chi connectivity index (χ1) is 7.56. The minimum atomic E-state index is -0.926. The zero-order valence-corrected chi connectivity index (χ0v) is 10.3. The molecule has 16 heavy (non-hydrogen) atoms. The van der Waals surface area contributed by atoms with Crippen molar-refractivity contribution in [2.45, 2.75) is 44.6 Å². The van der Waals surface area contributed by atoms with Gasteiger partial charge in [-0.2, -0.15) is 0 Å². The third-order valence-corrected chi connectivity index (χ3v) is 3.25. The smallest absolute Gasteiger partial charge is 0.325 e. The van der Waals surface area contributed by atoms with Crippen LogP contribution in [0.4, 0.5) is 0 Å². The molecule has 4 nitrogen and oxygen atoms in total. The molecule has 1 unspecified atom stereocenters. The van der Waals surface area contributed by atoms with Gasteiger partial charge in [-0.3, -0.25) is 4.79 Å². The van der Waals surface area contributed by atoms with Crippen LogP contribution in [-0.4, -0.2) is 31.8 Å². The fraction of sp³-hybridized carbons (Fsp3) is 0.917. The highest BCUT2D eigenvalue weighted by molar-refractivity contribution is 5.79. The predicted octanol–water partition coefficient (Wildman–Crippen LogP) is 1.47. The van der Waals surface area contributed by atoms with E-state index in [1.807, 2.05) is 0 Å². The molecule has 0 bridgehead atoms. The van der Waals surface area contributed by atoms with Crippen LogP contribution in [0.3, 0.4) is 0 Å². The number of hydrogen-bond donors (Lipinski definition) is 1. The van der Waals surface area contributed by atoms with Gasteiger partial charge >= 0.3 is 5.97 Å². The quantitative estimate of drug-likeness (QED) is 0.553. The third kappa shape index (κ3) is 4.10. The number of nitrogens with two attached hydrogens (primary N) is 1. The van der Waals surface area contributed by atoms with Crippen LogP contribution >= 0.6 is 0 Å². The largest absolute Gasteiger partial charge is 0.468 e. The second-order valence-electron chi connectivity index (χ2n) is 4.88. The van der Waals surface area contributed by atoms with Crippen LogP contribution in [0.5, 0.6) is 0 Å². The number of rotatable bonds is 6. The minimum absolute atomic E-state index is 0.378. The van der Waals surface area contributed by atoms with E-state index in [1.54, 1.807) is 6.92 Å². The van der Waals surface area contributed by atoms with Crippen molar-refractivity contribution in [2.75, 3.05) is 20.3 Å². The Morgan fingerprint density at radius 3 is 2.62 bits per heavy atom. The number of methoxy groups -OCH3 is 1. The molecule has 1 rings (SSSR count). The summed E-state index contributed by atoms with van der Waals surface area (Å²) in [6.45, 7) is 3.01. The molecular weight excluding hydrogens is 206 g/mol. The van der Waals surface area contributed by atoms with Crippen LogP contribution in [0.15, 0.2) is 0 Å². The standard InChI is InChI=1S/C12H23NO3/c1-12(13,11(14)15-2)7-8-16-9-10-5-3-4-6-10/h10H,3-9,13H2,1-2H3. The summed E-state index contributed by atoms with van der Waals surface area (Å²) in [5, 5.41) is 0. The molecule has 0 aromatic carbocycles. The summed E-state index contributed by atoms with van der Waals surface area (Å²) in [4.78, 5) is 11.3. The molecule has 1 fully saturated rings. The predicted molar refractivity (Wildman–Crippen MR) is 62.0 cm³/mol. The van der Waals surface area contributed by atoms with E-state index in [2.05, 4.69) is 4.74 Å². The fourth-order valence-electron chi connectivity index (χ4n) is 2.05. The Balaban J connectivity index is 2.11. The summed E-state index contributed by atoms with van der Waals surface area (Å²) in [7, 11) is 1.35. The van der Waals surface area contributed by atoms with Crippen molar-refractivity contribution in [1.29, 1.82) is 0 Å². The number of hydrogen-bond acceptors (Lipinski definition) is 4. The summed E-state index contributed by atoms with van der Waals surface area (Å²) >= 11 is 0. The lowest BCUT2D eigenvalue weighted by molar-refractivity contribution is -0.147. The molecule has 0 radical (unpaired) electrons. The Morgan fingerprint density at radius 1 is 1.44 bits per heavy atom. The van der Waals surface area contributed by atoms with Gasteiger partial charge in [0.25, 0.3) is 0 Å². The highest BCUT2D eigenvalue weighted by Crippen LogP contribution is 2.24. The van der Waals surface area contributed by atoms with E-state index in [-0.39, 0.29) is 5.97 Å². The van der Waals surface area contributed by atoms with Crippen molar-refractivity contribution in [3.63, 3.8) is 0 Å². The summed E-state index contributed by atoms with van der Waals surface area (Å²) in [6, 6.07) is 0. The van der Waals surface area contributed by atoms with Gasteiger partial charge in [0.2, 0.25) is 0 Å². The maximum atomic E-state index is 11.3. The lowest BCUT2D eigenvalue weighted by Crippen LogP contribution is -2.46. The molecule has 0 heterocycles. The highest BCUT2D eigenvalue weighted by atomic mass is 16.5. The van der Waals surface area contributed by atoms with Gasteiger partial charge < -0.3 is 15.2 Å². The lowest BCUT2D eigenvalue weighted by atomic mass is 10.0. The summed E-state index contributed by atoms with van der Waals surface area (Å²) < 4.78 is 10.2. The molecule has 0 saturated heterocycles. The monoisotopic (exact) mass is 229 g/mol.